The Morgan fingerprint density at radius 2 is 2.05 bits per heavy atom. The van der Waals surface area contributed by atoms with Crippen molar-refractivity contribution >= 4 is 5.91 Å². The van der Waals surface area contributed by atoms with Crippen LogP contribution in [0.4, 0.5) is 0 Å². The summed E-state index contributed by atoms with van der Waals surface area (Å²) in [4.78, 5) is 14.4. The van der Waals surface area contributed by atoms with Gasteiger partial charge in [-0.2, -0.15) is 0 Å². The zero-order valence-electron chi connectivity index (χ0n) is 13.5. The highest BCUT2D eigenvalue weighted by Gasteiger charge is 2.40. The summed E-state index contributed by atoms with van der Waals surface area (Å²) in [6.07, 6.45) is 5.73. The third kappa shape index (κ3) is 3.53. The first kappa shape index (κ1) is 15.8. The van der Waals surface area contributed by atoms with Gasteiger partial charge in [0.05, 0.1) is 5.54 Å². The lowest BCUT2D eigenvalue weighted by Crippen LogP contribution is -2.58. The van der Waals surface area contributed by atoms with Gasteiger partial charge >= 0.3 is 0 Å². The molecule has 0 spiro atoms. The van der Waals surface area contributed by atoms with Crippen molar-refractivity contribution in [2.24, 2.45) is 11.7 Å². The Bertz CT molecular complexity index is 356. The number of nitrogens with two attached hydrogens (primary N) is 1. The van der Waals surface area contributed by atoms with Crippen LogP contribution in [0.25, 0.3) is 0 Å². The third-order valence-corrected chi connectivity index (χ3v) is 5.34. The summed E-state index contributed by atoms with van der Waals surface area (Å²) in [7, 11) is 0. The van der Waals surface area contributed by atoms with E-state index in [-0.39, 0.29) is 5.91 Å². The lowest BCUT2D eigenvalue weighted by molar-refractivity contribution is -0.125. The predicted octanol–water partition coefficient (Wildman–Crippen LogP) is 1.88. The molecule has 0 bridgehead atoms. The first-order valence-corrected chi connectivity index (χ1v) is 8.17. The van der Waals surface area contributed by atoms with Gasteiger partial charge in [0.15, 0.2) is 0 Å². The van der Waals surface area contributed by atoms with E-state index in [1.807, 2.05) is 6.92 Å². The Kier molecular flexibility index (Phi) is 4.75. The highest BCUT2D eigenvalue weighted by molar-refractivity contribution is 5.84. The smallest absolute Gasteiger partial charge is 0.237 e. The van der Waals surface area contributed by atoms with E-state index in [0.29, 0.717) is 18.1 Å². The van der Waals surface area contributed by atoms with Gasteiger partial charge in [-0.05, 0) is 65.3 Å². The summed E-state index contributed by atoms with van der Waals surface area (Å²) in [5.74, 6) is 0.524. The number of likely N-dealkylation sites (tertiary alicyclic amines) is 1. The Balaban J connectivity index is 1.99. The second kappa shape index (κ2) is 6.02. The standard InChI is InChI=1S/C16H31N3O/c1-11-6-5-9-19(13(11)3)12(2)10-16(4,15(17)20)18-14-7-8-14/h11-14,18H,5-10H2,1-4H3,(H2,17,20). The van der Waals surface area contributed by atoms with Gasteiger partial charge in [0.1, 0.15) is 0 Å². The first-order valence-electron chi connectivity index (χ1n) is 8.17. The number of amides is 1. The molecule has 1 aliphatic carbocycles. The average Bonchev–Trinajstić information content (AvgIpc) is 3.15. The molecule has 0 aromatic carbocycles. The molecule has 1 saturated carbocycles. The molecule has 116 valence electrons. The van der Waals surface area contributed by atoms with Crippen LogP contribution >= 0.6 is 0 Å². The van der Waals surface area contributed by atoms with Gasteiger partial charge in [0.25, 0.3) is 0 Å². The zero-order valence-corrected chi connectivity index (χ0v) is 13.5. The van der Waals surface area contributed by atoms with E-state index in [4.69, 9.17) is 5.73 Å². The average molecular weight is 281 g/mol. The fourth-order valence-electron chi connectivity index (χ4n) is 3.61. The number of primary amides is 1. The molecule has 0 aromatic rings. The van der Waals surface area contributed by atoms with Crippen LogP contribution in [0.3, 0.4) is 0 Å². The van der Waals surface area contributed by atoms with Gasteiger partial charge in [-0.1, -0.05) is 6.92 Å². The third-order valence-electron chi connectivity index (χ3n) is 5.34. The fourth-order valence-corrected chi connectivity index (χ4v) is 3.61. The molecule has 3 N–H and O–H groups in total. The van der Waals surface area contributed by atoms with Gasteiger partial charge < -0.3 is 11.1 Å². The zero-order chi connectivity index (χ0) is 14.9. The number of hydrogen-bond acceptors (Lipinski definition) is 3. The Morgan fingerprint density at radius 3 is 2.60 bits per heavy atom. The molecule has 1 saturated heterocycles. The van der Waals surface area contributed by atoms with Crippen LogP contribution in [0.2, 0.25) is 0 Å². The van der Waals surface area contributed by atoms with Crippen LogP contribution in [-0.2, 0) is 4.79 Å². The summed E-state index contributed by atoms with van der Waals surface area (Å²) in [5, 5.41) is 3.46. The summed E-state index contributed by atoms with van der Waals surface area (Å²) in [6.45, 7) is 10.0. The number of nitrogens with one attached hydrogen (secondary N) is 1. The predicted molar refractivity (Wildman–Crippen MR) is 82.4 cm³/mol. The minimum Gasteiger partial charge on any atom is -0.368 e. The van der Waals surface area contributed by atoms with Crippen LogP contribution in [0, 0.1) is 5.92 Å². The molecule has 0 aromatic heterocycles. The van der Waals surface area contributed by atoms with E-state index < -0.39 is 5.54 Å². The summed E-state index contributed by atoms with van der Waals surface area (Å²) in [5.41, 5.74) is 5.10. The Labute approximate surface area is 123 Å². The van der Waals surface area contributed by atoms with E-state index in [1.54, 1.807) is 0 Å². The topological polar surface area (TPSA) is 58.4 Å². The van der Waals surface area contributed by atoms with Crippen LogP contribution < -0.4 is 11.1 Å². The second-order valence-corrected chi connectivity index (χ2v) is 7.27. The lowest BCUT2D eigenvalue weighted by atomic mass is 9.87. The number of hydrogen-bond donors (Lipinski definition) is 2. The number of nitrogens with zero attached hydrogens (tertiary/aromatic N) is 1. The first-order chi connectivity index (χ1) is 9.33. The van der Waals surface area contributed by atoms with Crippen LogP contribution in [0.1, 0.15) is 59.8 Å². The fraction of sp³-hybridized carbons (Fsp3) is 0.938. The van der Waals surface area contributed by atoms with Crippen LogP contribution in [-0.4, -0.2) is 41.0 Å². The number of carbonyl (C=O) groups excluding carboxylic acids is 1. The lowest BCUT2D eigenvalue weighted by Gasteiger charge is -2.44. The van der Waals surface area contributed by atoms with Crippen LogP contribution in [0.5, 0.6) is 0 Å². The van der Waals surface area contributed by atoms with Gasteiger partial charge in [-0.25, -0.2) is 0 Å². The SMILES string of the molecule is CC1CCCN(C(C)CC(C)(NC2CC2)C(N)=O)C1C. The van der Waals surface area contributed by atoms with Gasteiger partial charge in [0.2, 0.25) is 5.91 Å². The van der Waals surface area contributed by atoms with Crippen molar-refractivity contribution in [1.82, 2.24) is 10.2 Å². The molecule has 2 rings (SSSR count). The monoisotopic (exact) mass is 281 g/mol. The maximum Gasteiger partial charge on any atom is 0.237 e. The van der Waals surface area contributed by atoms with Crippen molar-refractivity contribution in [3.63, 3.8) is 0 Å². The molecule has 4 atom stereocenters. The molecule has 1 heterocycles. The molecule has 4 unspecified atom stereocenters. The molecule has 2 aliphatic rings. The van der Waals surface area contributed by atoms with E-state index in [0.717, 1.165) is 18.9 Å². The molecule has 4 heteroatoms. The summed E-state index contributed by atoms with van der Waals surface area (Å²) < 4.78 is 0. The molecule has 0 radical (unpaired) electrons. The van der Waals surface area contributed by atoms with E-state index >= 15 is 0 Å². The molecule has 4 nitrogen and oxygen atoms in total. The normalized spacial score (nSPS) is 32.6. The Hall–Kier alpha value is -0.610. The van der Waals surface area contributed by atoms with Crippen molar-refractivity contribution in [2.75, 3.05) is 6.54 Å². The number of piperidine rings is 1. The van der Waals surface area contributed by atoms with Crippen molar-refractivity contribution in [2.45, 2.75) is 83.5 Å². The molecular weight excluding hydrogens is 250 g/mol. The van der Waals surface area contributed by atoms with E-state index in [1.165, 1.54) is 25.7 Å². The second-order valence-electron chi connectivity index (χ2n) is 7.27. The maximum atomic E-state index is 11.9. The van der Waals surface area contributed by atoms with Gasteiger partial charge in [0, 0.05) is 18.1 Å². The highest BCUT2D eigenvalue weighted by Crippen LogP contribution is 2.29. The number of rotatable bonds is 6. The Morgan fingerprint density at radius 1 is 1.40 bits per heavy atom. The van der Waals surface area contributed by atoms with Crippen molar-refractivity contribution in [3.8, 4) is 0 Å². The van der Waals surface area contributed by atoms with E-state index in [2.05, 4.69) is 31.0 Å². The summed E-state index contributed by atoms with van der Waals surface area (Å²) >= 11 is 0. The minimum absolute atomic E-state index is 0.214. The molecule has 2 fully saturated rings. The molecule has 1 amide bonds. The quantitative estimate of drug-likeness (QED) is 0.781. The minimum atomic E-state index is -0.568. The largest absolute Gasteiger partial charge is 0.368 e. The van der Waals surface area contributed by atoms with Crippen molar-refractivity contribution in [1.29, 1.82) is 0 Å². The molecule has 20 heavy (non-hydrogen) atoms. The molecular formula is C16H31N3O. The van der Waals surface area contributed by atoms with Gasteiger partial charge in [-0.15, -0.1) is 0 Å². The summed E-state index contributed by atoms with van der Waals surface area (Å²) in [6, 6.07) is 1.48. The van der Waals surface area contributed by atoms with Crippen molar-refractivity contribution in [3.05, 3.63) is 0 Å². The van der Waals surface area contributed by atoms with Crippen molar-refractivity contribution < 1.29 is 4.79 Å². The molecule has 1 aliphatic heterocycles. The highest BCUT2D eigenvalue weighted by atomic mass is 16.1. The van der Waals surface area contributed by atoms with Crippen LogP contribution in [0.15, 0.2) is 0 Å². The van der Waals surface area contributed by atoms with E-state index in [9.17, 15) is 4.79 Å². The number of carbonyl (C=O) groups is 1. The van der Waals surface area contributed by atoms with Gasteiger partial charge in [-0.3, -0.25) is 9.69 Å². The maximum absolute atomic E-state index is 11.9.